The van der Waals surface area contributed by atoms with E-state index in [2.05, 4.69) is 15.3 Å². The van der Waals surface area contributed by atoms with Gasteiger partial charge in [0.2, 0.25) is 0 Å². The summed E-state index contributed by atoms with van der Waals surface area (Å²) in [5.41, 5.74) is 0.775. The van der Waals surface area contributed by atoms with Gasteiger partial charge in [0.1, 0.15) is 5.75 Å². The van der Waals surface area contributed by atoms with Gasteiger partial charge in [0, 0.05) is 25.2 Å². The number of aromatic amines is 1. The van der Waals surface area contributed by atoms with Crippen molar-refractivity contribution in [1.29, 1.82) is 0 Å². The van der Waals surface area contributed by atoms with Crippen LogP contribution < -0.4 is 15.6 Å². The quantitative estimate of drug-likeness (QED) is 0.845. The summed E-state index contributed by atoms with van der Waals surface area (Å²) in [6.07, 6.45) is -2.78. The van der Waals surface area contributed by atoms with Crippen molar-refractivity contribution >= 4 is 22.5 Å². The van der Waals surface area contributed by atoms with Gasteiger partial charge < -0.3 is 19.9 Å². The van der Waals surface area contributed by atoms with Crippen molar-refractivity contribution in [1.82, 2.24) is 14.9 Å². The fraction of sp³-hybridized carbons (Fsp3) is 0.471. The van der Waals surface area contributed by atoms with Crippen molar-refractivity contribution < 1.29 is 22.7 Å². The van der Waals surface area contributed by atoms with Gasteiger partial charge in [-0.25, -0.2) is 4.98 Å². The molecular weight excluding hydrogens is 365 g/mol. The van der Waals surface area contributed by atoms with Crippen molar-refractivity contribution in [2.45, 2.75) is 18.6 Å². The molecule has 10 heteroatoms. The average molecular weight is 382 g/mol. The number of methoxy groups -OCH3 is 1. The molecule has 1 saturated heterocycles. The molecule has 27 heavy (non-hydrogen) atoms. The van der Waals surface area contributed by atoms with Gasteiger partial charge in [-0.05, 0) is 24.3 Å². The molecule has 2 fully saturated rings. The highest BCUT2D eigenvalue weighted by molar-refractivity contribution is 5.85. The third kappa shape index (κ3) is 2.98. The predicted octanol–water partition coefficient (Wildman–Crippen LogP) is 1.75. The average Bonchev–Trinajstić information content (AvgIpc) is 2.64. The zero-order chi connectivity index (χ0) is 19.3. The Bertz CT molecular complexity index is 947. The number of halogens is 3. The minimum Gasteiger partial charge on any atom is -0.495 e. The summed E-state index contributed by atoms with van der Waals surface area (Å²) in [5.74, 6) is -1.45. The molecule has 1 saturated carbocycles. The van der Waals surface area contributed by atoms with Crippen LogP contribution in [0.15, 0.2) is 23.3 Å². The fourth-order valence-corrected chi connectivity index (χ4v) is 4.03. The van der Waals surface area contributed by atoms with Crippen molar-refractivity contribution in [2.24, 2.45) is 11.8 Å². The highest BCUT2D eigenvalue weighted by Crippen LogP contribution is 2.44. The maximum absolute atomic E-state index is 12.6. The zero-order valence-electron chi connectivity index (χ0n) is 14.3. The third-order valence-electron chi connectivity index (χ3n) is 5.34. The first-order chi connectivity index (χ1) is 12.8. The molecule has 3 atom stereocenters. The number of benzene rings is 1. The van der Waals surface area contributed by atoms with Crippen molar-refractivity contribution in [3.05, 3.63) is 28.8 Å². The second-order valence-electron chi connectivity index (χ2n) is 6.94. The number of amides is 1. The molecule has 1 aliphatic carbocycles. The lowest BCUT2D eigenvalue weighted by molar-refractivity contribution is -0.191. The molecule has 1 amide bonds. The van der Waals surface area contributed by atoms with Gasteiger partial charge >= 0.3 is 12.1 Å². The molecule has 0 radical (unpaired) electrons. The van der Waals surface area contributed by atoms with E-state index in [1.165, 1.54) is 13.4 Å². The molecular formula is C17H17F3N4O3. The number of fused-ring (bicyclic) bond motifs is 3. The van der Waals surface area contributed by atoms with Crippen LogP contribution in [0.3, 0.4) is 0 Å². The molecule has 1 aromatic carbocycles. The van der Waals surface area contributed by atoms with E-state index in [1.807, 2.05) is 0 Å². The molecule has 2 aliphatic rings. The maximum Gasteiger partial charge on any atom is 0.471 e. The standard InChI is InChI=1S/C17H17F3N4O3/c1-27-13-4-11-10(15(25)22-7-21-11)3-12(13)23-14-8-2-9(14)6-24(5-8)16(26)17(18,19)20/h3-4,7-9,14,23H,2,5-6H2,1H3,(H,21,22,25)/t8-,9+,14-. The van der Waals surface area contributed by atoms with Gasteiger partial charge in [0.15, 0.2) is 0 Å². The number of likely N-dealkylation sites (tertiary alicyclic amines) is 1. The largest absolute Gasteiger partial charge is 0.495 e. The number of carbonyl (C=O) groups excluding carboxylic acids is 1. The van der Waals surface area contributed by atoms with E-state index in [9.17, 15) is 22.8 Å². The van der Waals surface area contributed by atoms with Crippen LogP contribution in [-0.2, 0) is 4.79 Å². The topological polar surface area (TPSA) is 87.3 Å². The minimum atomic E-state index is -4.84. The molecule has 2 aromatic rings. The number of carbonyl (C=O) groups is 1. The number of hydrogen-bond acceptors (Lipinski definition) is 5. The van der Waals surface area contributed by atoms with Gasteiger partial charge in [-0.3, -0.25) is 9.59 Å². The Hall–Kier alpha value is -2.78. The van der Waals surface area contributed by atoms with Gasteiger partial charge in [0.25, 0.3) is 5.56 Å². The highest BCUT2D eigenvalue weighted by Gasteiger charge is 2.52. The fourth-order valence-electron chi connectivity index (χ4n) is 4.03. The van der Waals surface area contributed by atoms with Crippen LogP contribution in [0.5, 0.6) is 5.75 Å². The lowest BCUT2D eigenvalue weighted by Gasteiger charge is -2.54. The number of aromatic nitrogens is 2. The number of hydrogen-bond donors (Lipinski definition) is 2. The molecule has 2 bridgehead atoms. The molecule has 1 aromatic heterocycles. The molecule has 7 nitrogen and oxygen atoms in total. The SMILES string of the molecule is COc1cc2nc[nH]c(=O)c2cc1N[C@@H]1[C@@H]2C[C@H]1CN(C(=O)C(F)(F)F)C2. The number of nitrogens with one attached hydrogen (secondary N) is 2. The first-order valence-electron chi connectivity index (χ1n) is 8.46. The number of piperidine rings is 2. The zero-order valence-corrected chi connectivity index (χ0v) is 14.3. The van der Waals surface area contributed by atoms with Gasteiger partial charge in [-0.1, -0.05) is 0 Å². The Morgan fingerprint density at radius 3 is 2.67 bits per heavy atom. The first-order valence-corrected chi connectivity index (χ1v) is 8.46. The van der Waals surface area contributed by atoms with E-state index < -0.39 is 12.1 Å². The second-order valence-corrected chi connectivity index (χ2v) is 6.94. The number of alkyl halides is 3. The van der Waals surface area contributed by atoms with E-state index in [-0.39, 0.29) is 36.5 Å². The van der Waals surface area contributed by atoms with Gasteiger partial charge in [0.05, 0.1) is 30.0 Å². The van der Waals surface area contributed by atoms with Crippen LogP contribution >= 0.6 is 0 Å². The van der Waals surface area contributed by atoms with E-state index in [1.54, 1.807) is 12.1 Å². The van der Waals surface area contributed by atoms with Crippen LogP contribution in [-0.4, -0.2) is 53.2 Å². The maximum atomic E-state index is 12.6. The van der Waals surface area contributed by atoms with Gasteiger partial charge in [-0.2, -0.15) is 13.2 Å². The summed E-state index contributed by atoms with van der Waals surface area (Å²) in [5, 5.41) is 3.68. The van der Waals surface area contributed by atoms with E-state index in [0.29, 0.717) is 22.3 Å². The van der Waals surface area contributed by atoms with Crippen molar-refractivity contribution in [3.63, 3.8) is 0 Å². The number of ether oxygens (including phenoxy) is 1. The molecule has 2 N–H and O–H groups in total. The molecule has 0 unspecified atom stereocenters. The van der Waals surface area contributed by atoms with Crippen molar-refractivity contribution in [3.8, 4) is 5.75 Å². The summed E-state index contributed by atoms with van der Waals surface area (Å²) in [6, 6.07) is 3.19. The summed E-state index contributed by atoms with van der Waals surface area (Å²) in [6.45, 7) is 0.120. The smallest absolute Gasteiger partial charge is 0.471 e. The van der Waals surface area contributed by atoms with Crippen LogP contribution in [0.2, 0.25) is 0 Å². The number of H-pyrrole nitrogens is 1. The van der Waals surface area contributed by atoms with Crippen LogP contribution in [0.25, 0.3) is 10.9 Å². The number of rotatable bonds is 3. The third-order valence-corrected chi connectivity index (χ3v) is 5.34. The van der Waals surface area contributed by atoms with Crippen LogP contribution in [0, 0.1) is 11.8 Å². The molecule has 4 rings (SSSR count). The Labute approximate surface area is 151 Å². The lowest BCUT2D eigenvalue weighted by Crippen LogP contribution is -2.63. The monoisotopic (exact) mass is 382 g/mol. The Kier molecular flexibility index (Phi) is 4.01. The number of anilines is 1. The lowest BCUT2D eigenvalue weighted by atomic mass is 9.66. The highest BCUT2D eigenvalue weighted by atomic mass is 19.4. The van der Waals surface area contributed by atoms with E-state index in [0.717, 1.165) is 11.3 Å². The first kappa shape index (κ1) is 17.6. The minimum absolute atomic E-state index is 0.0601. The van der Waals surface area contributed by atoms with Crippen LogP contribution in [0.1, 0.15) is 6.42 Å². The Morgan fingerprint density at radius 2 is 2.04 bits per heavy atom. The molecule has 1 aliphatic heterocycles. The number of nitrogens with zero attached hydrogens (tertiary/aromatic N) is 2. The summed E-state index contributed by atoms with van der Waals surface area (Å²) < 4.78 is 43.3. The Morgan fingerprint density at radius 1 is 1.33 bits per heavy atom. The predicted molar refractivity (Wildman–Crippen MR) is 90.6 cm³/mol. The van der Waals surface area contributed by atoms with Crippen molar-refractivity contribution in [2.75, 3.05) is 25.5 Å². The van der Waals surface area contributed by atoms with Gasteiger partial charge in [-0.15, -0.1) is 0 Å². The second kappa shape index (κ2) is 6.14. The summed E-state index contributed by atoms with van der Waals surface area (Å²) >= 11 is 0. The summed E-state index contributed by atoms with van der Waals surface area (Å²) in [4.78, 5) is 30.9. The molecule has 2 heterocycles. The van der Waals surface area contributed by atoms with E-state index >= 15 is 0 Å². The Balaban J connectivity index is 1.55. The normalized spacial score (nSPS) is 24.4. The molecule has 144 valence electrons. The molecule has 0 spiro atoms. The summed E-state index contributed by atoms with van der Waals surface area (Å²) in [7, 11) is 1.49. The van der Waals surface area contributed by atoms with E-state index in [4.69, 9.17) is 4.74 Å². The van der Waals surface area contributed by atoms with Crippen LogP contribution in [0.4, 0.5) is 18.9 Å².